The molecule has 0 fully saturated rings. The average Bonchev–Trinajstić information content (AvgIpc) is 2.12. The highest BCUT2D eigenvalue weighted by atomic mass is 35.5. The van der Waals surface area contributed by atoms with Crippen LogP contribution >= 0.6 is 11.6 Å². The Morgan fingerprint density at radius 2 is 2.08 bits per heavy atom. The minimum atomic E-state index is -0.428. The molecule has 1 heterocycles. The summed E-state index contributed by atoms with van der Waals surface area (Å²) in [5.41, 5.74) is 0.513. The summed E-state index contributed by atoms with van der Waals surface area (Å²) in [6.45, 7) is 0. The van der Waals surface area contributed by atoms with Crippen molar-refractivity contribution in [2.24, 2.45) is 0 Å². The van der Waals surface area contributed by atoms with Gasteiger partial charge in [-0.2, -0.15) is 0 Å². The first-order valence-corrected chi connectivity index (χ1v) is 3.85. The Labute approximate surface area is 73.8 Å². The summed E-state index contributed by atoms with van der Waals surface area (Å²) >= 11 is 5.69. The van der Waals surface area contributed by atoms with E-state index in [2.05, 4.69) is 4.98 Å². The highest BCUT2D eigenvalue weighted by Gasteiger charge is 2.04. The lowest BCUT2D eigenvalue weighted by molar-refractivity contribution is 0.630. The molecule has 60 valence electrons. The molecule has 0 amide bonds. The highest BCUT2D eigenvalue weighted by molar-refractivity contribution is 6.35. The molecule has 1 nitrogen and oxygen atoms in total. The van der Waals surface area contributed by atoms with E-state index in [4.69, 9.17) is 11.6 Å². The van der Waals surface area contributed by atoms with Gasteiger partial charge in [-0.25, -0.2) is 4.39 Å². The first-order chi connectivity index (χ1) is 5.79. The van der Waals surface area contributed by atoms with Gasteiger partial charge in [0.2, 0.25) is 0 Å². The number of rotatable bonds is 0. The van der Waals surface area contributed by atoms with Crippen LogP contribution in [0.5, 0.6) is 0 Å². The lowest BCUT2D eigenvalue weighted by atomic mass is 10.2. The van der Waals surface area contributed by atoms with E-state index >= 15 is 0 Å². The first kappa shape index (κ1) is 7.50. The number of nitrogens with zero attached hydrogens (tertiary/aromatic N) is 1. The van der Waals surface area contributed by atoms with Crippen molar-refractivity contribution in [2.75, 3.05) is 0 Å². The first-order valence-electron chi connectivity index (χ1n) is 3.48. The molecule has 0 aliphatic heterocycles. The fourth-order valence-electron chi connectivity index (χ4n) is 1.08. The van der Waals surface area contributed by atoms with E-state index in [0.29, 0.717) is 5.52 Å². The molecule has 0 saturated heterocycles. The van der Waals surface area contributed by atoms with Crippen molar-refractivity contribution < 1.29 is 4.39 Å². The van der Waals surface area contributed by atoms with Crippen LogP contribution < -0.4 is 0 Å². The van der Waals surface area contributed by atoms with Crippen LogP contribution in [0.1, 0.15) is 0 Å². The number of pyridine rings is 1. The summed E-state index contributed by atoms with van der Waals surface area (Å²) in [4.78, 5) is 3.97. The Kier molecular flexibility index (Phi) is 1.70. The molecule has 2 aromatic rings. The third kappa shape index (κ3) is 1.04. The van der Waals surface area contributed by atoms with Crippen LogP contribution in [-0.2, 0) is 0 Å². The van der Waals surface area contributed by atoms with Gasteiger partial charge in [0.1, 0.15) is 10.8 Å². The normalized spacial score (nSPS) is 10.5. The second-order valence-corrected chi connectivity index (χ2v) is 2.81. The van der Waals surface area contributed by atoms with Gasteiger partial charge in [0.25, 0.3) is 0 Å². The molecule has 1 aromatic carbocycles. The molecule has 0 unspecified atom stereocenters. The van der Waals surface area contributed by atoms with Gasteiger partial charge in [-0.3, -0.25) is 4.98 Å². The number of benzene rings is 1. The standard InChI is InChI=1S/C9H5ClFN/c10-8-7(11)4-3-6-2-1-5-12-9(6)8/h1-5H. The van der Waals surface area contributed by atoms with E-state index in [1.54, 1.807) is 18.3 Å². The molecular weight excluding hydrogens is 177 g/mol. The Balaban J connectivity index is 2.91. The molecule has 0 aliphatic carbocycles. The minimum Gasteiger partial charge on any atom is -0.255 e. The van der Waals surface area contributed by atoms with Crippen LogP contribution in [0.2, 0.25) is 5.02 Å². The number of fused-ring (bicyclic) bond motifs is 1. The van der Waals surface area contributed by atoms with Crippen molar-refractivity contribution in [3.05, 3.63) is 41.3 Å². The maximum absolute atomic E-state index is 12.9. The molecule has 0 spiro atoms. The predicted molar refractivity (Wildman–Crippen MR) is 46.7 cm³/mol. The fourth-order valence-corrected chi connectivity index (χ4v) is 1.31. The molecule has 0 saturated carbocycles. The summed E-state index contributed by atoms with van der Waals surface area (Å²) < 4.78 is 12.9. The zero-order valence-electron chi connectivity index (χ0n) is 6.09. The van der Waals surface area contributed by atoms with Crippen LogP contribution in [0.25, 0.3) is 10.9 Å². The molecule has 0 aliphatic rings. The Morgan fingerprint density at radius 1 is 1.25 bits per heavy atom. The topological polar surface area (TPSA) is 12.9 Å². The summed E-state index contributed by atoms with van der Waals surface area (Å²) in [7, 11) is 0. The van der Waals surface area contributed by atoms with E-state index in [1.807, 2.05) is 6.07 Å². The fraction of sp³-hybridized carbons (Fsp3) is 0. The van der Waals surface area contributed by atoms with Gasteiger partial charge in [-0.1, -0.05) is 17.7 Å². The van der Waals surface area contributed by atoms with Crippen LogP contribution in [0.4, 0.5) is 4.39 Å². The largest absolute Gasteiger partial charge is 0.255 e. The maximum Gasteiger partial charge on any atom is 0.144 e. The molecule has 0 N–H and O–H groups in total. The molecule has 0 atom stereocenters. The van der Waals surface area contributed by atoms with Crippen molar-refractivity contribution in [3.8, 4) is 0 Å². The molecule has 3 heteroatoms. The number of hydrogen-bond donors (Lipinski definition) is 0. The van der Waals surface area contributed by atoms with Gasteiger partial charge in [-0.05, 0) is 18.2 Å². The van der Waals surface area contributed by atoms with E-state index in [9.17, 15) is 4.39 Å². The molecule has 1 aromatic heterocycles. The van der Waals surface area contributed by atoms with Crippen molar-refractivity contribution in [2.45, 2.75) is 0 Å². The zero-order valence-corrected chi connectivity index (χ0v) is 6.85. The Bertz CT molecular complexity index is 428. The second-order valence-electron chi connectivity index (χ2n) is 2.44. The third-order valence-electron chi connectivity index (χ3n) is 1.67. The van der Waals surface area contributed by atoms with E-state index in [1.165, 1.54) is 6.07 Å². The Hall–Kier alpha value is -1.15. The number of hydrogen-bond acceptors (Lipinski definition) is 1. The van der Waals surface area contributed by atoms with E-state index in [-0.39, 0.29) is 5.02 Å². The summed E-state index contributed by atoms with van der Waals surface area (Å²) in [5.74, 6) is -0.428. The quantitative estimate of drug-likeness (QED) is 0.609. The van der Waals surface area contributed by atoms with Gasteiger partial charge >= 0.3 is 0 Å². The molecule has 12 heavy (non-hydrogen) atoms. The molecular formula is C9H5ClFN. The minimum absolute atomic E-state index is 0.0908. The van der Waals surface area contributed by atoms with Gasteiger partial charge in [-0.15, -0.1) is 0 Å². The van der Waals surface area contributed by atoms with Crippen LogP contribution in [0.3, 0.4) is 0 Å². The third-order valence-corrected chi connectivity index (χ3v) is 2.03. The van der Waals surface area contributed by atoms with E-state index < -0.39 is 5.82 Å². The SMILES string of the molecule is Fc1ccc2cccnc2c1Cl. The van der Waals surface area contributed by atoms with Crippen LogP contribution in [-0.4, -0.2) is 4.98 Å². The van der Waals surface area contributed by atoms with E-state index in [0.717, 1.165) is 5.39 Å². The lowest BCUT2D eigenvalue weighted by Crippen LogP contribution is -1.82. The summed E-state index contributed by atoms with van der Waals surface area (Å²) in [6.07, 6.45) is 1.59. The number of aromatic nitrogens is 1. The lowest BCUT2D eigenvalue weighted by Gasteiger charge is -1.98. The average molecular weight is 182 g/mol. The van der Waals surface area contributed by atoms with Gasteiger partial charge in [0.15, 0.2) is 0 Å². The van der Waals surface area contributed by atoms with Gasteiger partial charge < -0.3 is 0 Å². The number of halogens is 2. The smallest absolute Gasteiger partial charge is 0.144 e. The van der Waals surface area contributed by atoms with Crippen molar-refractivity contribution in [1.82, 2.24) is 4.98 Å². The van der Waals surface area contributed by atoms with Crippen molar-refractivity contribution in [1.29, 1.82) is 0 Å². The predicted octanol–water partition coefficient (Wildman–Crippen LogP) is 3.03. The molecule has 0 radical (unpaired) electrons. The van der Waals surface area contributed by atoms with Gasteiger partial charge in [0, 0.05) is 11.6 Å². The highest BCUT2D eigenvalue weighted by Crippen LogP contribution is 2.23. The second kappa shape index (κ2) is 2.72. The monoisotopic (exact) mass is 181 g/mol. The van der Waals surface area contributed by atoms with Crippen molar-refractivity contribution >= 4 is 22.5 Å². The summed E-state index contributed by atoms with van der Waals surface area (Å²) in [5, 5.41) is 0.942. The van der Waals surface area contributed by atoms with Crippen molar-refractivity contribution in [3.63, 3.8) is 0 Å². The molecule has 0 bridgehead atoms. The summed E-state index contributed by atoms with van der Waals surface area (Å²) in [6, 6.07) is 6.63. The van der Waals surface area contributed by atoms with Crippen LogP contribution in [0, 0.1) is 5.82 Å². The maximum atomic E-state index is 12.9. The van der Waals surface area contributed by atoms with Gasteiger partial charge in [0.05, 0.1) is 5.52 Å². The Morgan fingerprint density at radius 3 is 2.92 bits per heavy atom. The van der Waals surface area contributed by atoms with Crippen LogP contribution in [0.15, 0.2) is 30.5 Å². The zero-order chi connectivity index (χ0) is 8.55. The molecule has 2 rings (SSSR count).